The summed E-state index contributed by atoms with van der Waals surface area (Å²) in [5.41, 5.74) is 0.729. The van der Waals surface area contributed by atoms with E-state index < -0.39 is 12.0 Å². The molecule has 2 N–H and O–H groups in total. The fourth-order valence-corrected chi connectivity index (χ4v) is 2.12. The molecule has 0 saturated heterocycles. The lowest BCUT2D eigenvalue weighted by molar-refractivity contribution is -0.138. The highest BCUT2D eigenvalue weighted by Crippen LogP contribution is 2.36. The minimum Gasteiger partial charge on any atom is -0.480 e. The fourth-order valence-electron chi connectivity index (χ4n) is 1.59. The Hall–Kier alpha value is -0.740. The van der Waals surface area contributed by atoms with Gasteiger partial charge in [0.25, 0.3) is 0 Å². The number of halogens is 2. The van der Waals surface area contributed by atoms with Crippen LogP contribution in [0.15, 0.2) is 22.7 Å². The SMILES string of the molecule is O=C(O)C(Nc1cc(Cl)ccc1Br)C1CC1. The van der Waals surface area contributed by atoms with Gasteiger partial charge in [-0.15, -0.1) is 0 Å². The Morgan fingerprint density at radius 3 is 2.81 bits per heavy atom. The molecule has 0 amide bonds. The smallest absolute Gasteiger partial charge is 0.326 e. The summed E-state index contributed by atoms with van der Waals surface area (Å²) in [6, 6.07) is 4.76. The average molecular weight is 305 g/mol. The molecular weight excluding hydrogens is 293 g/mol. The molecule has 0 aliphatic heterocycles. The molecule has 1 fully saturated rings. The largest absolute Gasteiger partial charge is 0.480 e. The number of aliphatic carboxylic acids is 1. The van der Waals surface area contributed by atoms with Crippen molar-refractivity contribution < 1.29 is 9.90 Å². The number of anilines is 1. The van der Waals surface area contributed by atoms with E-state index in [2.05, 4.69) is 21.2 Å². The van der Waals surface area contributed by atoms with Crippen LogP contribution in [-0.4, -0.2) is 17.1 Å². The van der Waals surface area contributed by atoms with Crippen molar-refractivity contribution in [3.05, 3.63) is 27.7 Å². The lowest BCUT2D eigenvalue weighted by Gasteiger charge is -2.16. The summed E-state index contributed by atoms with van der Waals surface area (Å²) in [4.78, 5) is 11.1. The molecule has 1 saturated carbocycles. The van der Waals surface area contributed by atoms with E-state index in [4.69, 9.17) is 16.7 Å². The van der Waals surface area contributed by atoms with E-state index in [-0.39, 0.29) is 5.92 Å². The molecule has 86 valence electrons. The molecule has 1 aliphatic rings. The molecule has 1 atom stereocenters. The van der Waals surface area contributed by atoms with Crippen LogP contribution < -0.4 is 5.32 Å². The first-order valence-corrected chi connectivity index (χ1v) is 6.19. The van der Waals surface area contributed by atoms with Crippen LogP contribution in [0.5, 0.6) is 0 Å². The van der Waals surface area contributed by atoms with Crippen molar-refractivity contribution in [2.45, 2.75) is 18.9 Å². The quantitative estimate of drug-likeness (QED) is 0.896. The first kappa shape index (κ1) is 11.7. The van der Waals surface area contributed by atoms with Crippen molar-refractivity contribution in [2.24, 2.45) is 5.92 Å². The Balaban J connectivity index is 2.17. The second kappa shape index (κ2) is 4.63. The lowest BCUT2D eigenvalue weighted by Crippen LogP contribution is -2.31. The van der Waals surface area contributed by atoms with Gasteiger partial charge >= 0.3 is 5.97 Å². The topological polar surface area (TPSA) is 49.3 Å². The van der Waals surface area contributed by atoms with E-state index in [1.54, 1.807) is 18.2 Å². The average Bonchev–Trinajstić information content (AvgIpc) is 3.02. The maximum Gasteiger partial charge on any atom is 0.326 e. The molecular formula is C11H11BrClNO2. The molecule has 0 bridgehead atoms. The van der Waals surface area contributed by atoms with Gasteiger partial charge in [0.2, 0.25) is 0 Å². The highest BCUT2D eigenvalue weighted by molar-refractivity contribution is 9.10. The monoisotopic (exact) mass is 303 g/mol. The summed E-state index contributed by atoms with van der Waals surface area (Å²) in [7, 11) is 0. The molecule has 5 heteroatoms. The van der Waals surface area contributed by atoms with Crippen molar-refractivity contribution in [3.8, 4) is 0 Å². The van der Waals surface area contributed by atoms with Gasteiger partial charge in [0.1, 0.15) is 6.04 Å². The summed E-state index contributed by atoms with van der Waals surface area (Å²) >= 11 is 9.23. The summed E-state index contributed by atoms with van der Waals surface area (Å²) in [5.74, 6) is -0.572. The van der Waals surface area contributed by atoms with Gasteiger partial charge in [0.05, 0.1) is 5.69 Å². The molecule has 3 nitrogen and oxygen atoms in total. The Morgan fingerprint density at radius 1 is 1.56 bits per heavy atom. The number of hydrogen-bond acceptors (Lipinski definition) is 2. The van der Waals surface area contributed by atoms with Crippen LogP contribution in [0.3, 0.4) is 0 Å². The van der Waals surface area contributed by atoms with Crippen molar-refractivity contribution in [2.75, 3.05) is 5.32 Å². The van der Waals surface area contributed by atoms with Crippen molar-refractivity contribution in [1.82, 2.24) is 0 Å². The van der Waals surface area contributed by atoms with E-state index >= 15 is 0 Å². The van der Waals surface area contributed by atoms with Crippen molar-refractivity contribution >= 4 is 39.2 Å². The number of rotatable bonds is 4. The number of carboxylic acids is 1. The van der Waals surface area contributed by atoms with Crippen LogP contribution in [0.4, 0.5) is 5.69 Å². The molecule has 1 aromatic rings. The van der Waals surface area contributed by atoms with Gasteiger partial charge in [-0.1, -0.05) is 11.6 Å². The van der Waals surface area contributed by atoms with E-state index in [0.717, 1.165) is 23.0 Å². The molecule has 1 aliphatic carbocycles. The maximum atomic E-state index is 11.1. The Kier molecular flexibility index (Phi) is 3.40. The third kappa shape index (κ3) is 2.68. The van der Waals surface area contributed by atoms with Crippen LogP contribution in [0.25, 0.3) is 0 Å². The zero-order chi connectivity index (χ0) is 11.7. The number of carboxylic acid groups (broad SMARTS) is 1. The molecule has 0 aromatic heterocycles. The number of carbonyl (C=O) groups is 1. The Labute approximate surface area is 107 Å². The fraction of sp³-hybridized carbons (Fsp3) is 0.364. The number of benzene rings is 1. The third-order valence-corrected chi connectivity index (χ3v) is 3.53. The van der Waals surface area contributed by atoms with Crippen molar-refractivity contribution in [3.63, 3.8) is 0 Å². The number of nitrogens with one attached hydrogen (secondary N) is 1. The summed E-state index contributed by atoms with van der Waals surface area (Å²) in [5, 5.41) is 12.7. The van der Waals surface area contributed by atoms with Gasteiger partial charge in [-0.25, -0.2) is 4.79 Å². The first-order chi connectivity index (χ1) is 7.58. The number of hydrogen-bond donors (Lipinski definition) is 2. The highest BCUT2D eigenvalue weighted by Gasteiger charge is 2.36. The molecule has 16 heavy (non-hydrogen) atoms. The van der Waals surface area contributed by atoms with Gasteiger partial charge in [-0.3, -0.25) is 0 Å². The van der Waals surface area contributed by atoms with E-state index in [0.29, 0.717) is 5.02 Å². The van der Waals surface area contributed by atoms with Crippen LogP contribution in [0.2, 0.25) is 5.02 Å². The van der Waals surface area contributed by atoms with Gasteiger partial charge in [0, 0.05) is 9.50 Å². The van der Waals surface area contributed by atoms with Gasteiger partial charge < -0.3 is 10.4 Å². The molecule has 0 heterocycles. The van der Waals surface area contributed by atoms with Gasteiger partial charge in [0.15, 0.2) is 0 Å². The van der Waals surface area contributed by atoms with E-state index in [9.17, 15) is 4.79 Å². The van der Waals surface area contributed by atoms with Gasteiger partial charge in [-0.05, 0) is 52.9 Å². The zero-order valence-corrected chi connectivity index (χ0v) is 10.8. The maximum absolute atomic E-state index is 11.1. The lowest BCUT2D eigenvalue weighted by atomic mass is 10.1. The van der Waals surface area contributed by atoms with Crippen LogP contribution in [-0.2, 0) is 4.79 Å². The van der Waals surface area contributed by atoms with Crippen LogP contribution >= 0.6 is 27.5 Å². The zero-order valence-electron chi connectivity index (χ0n) is 8.41. The molecule has 2 rings (SSSR count). The van der Waals surface area contributed by atoms with Crippen LogP contribution in [0.1, 0.15) is 12.8 Å². The third-order valence-electron chi connectivity index (χ3n) is 2.60. The summed E-state index contributed by atoms with van der Waals surface area (Å²) in [6.07, 6.45) is 1.95. The minimum absolute atomic E-state index is 0.239. The van der Waals surface area contributed by atoms with Crippen LogP contribution in [0, 0.1) is 5.92 Å². The summed E-state index contributed by atoms with van der Waals surface area (Å²) < 4.78 is 0.823. The normalized spacial score (nSPS) is 16.9. The van der Waals surface area contributed by atoms with E-state index in [1.807, 2.05) is 0 Å². The molecule has 0 radical (unpaired) electrons. The second-order valence-electron chi connectivity index (χ2n) is 3.92. The second-order valence-corrected chi connectivity index (χ2v) is 5.21. The van der Waals surface area contributed by atoms with Gasteiger partial charge in [-0.2, -0.15) is 0 Å². The Morgan fingerprint density at radius 2 is 2.25 bits per heavy atom. The molecule has 1 unspecified atom stereocenters. The Bertz CT molecular complexity index is 420. The predicted molar refractivity (Wildman–Crippen MR) is 66.9 cm³/mol. The molecule has 0 spiro atoms. The predicted octanol–water partition coefficient (Wildman–Crippen LogP) is 3.38. The highest BCUT2D eigenvalue weighted by atomic mass is 79.9. The van der Waals surface area contributed by atoms with E-state index in [1.165, 1.54) is 0 Å². The standard InChI is InChI=1S/C11H11BrClNO2/c12-8-4-3-7(13)5-9(8)14-10(11(15)16)6-1-2-6/h3-6,10,14H,1-2H2,(H,15,16). The first-order valence-electron chi connectivity index (χ1n) is 5.02. The van der Waals surface area contributed by atoms with Crippen molar-refractivity contribution in [1.29, 1.82) is 0 Å². The summed E-state index contributed by atoms with van der Waals surface area (Å²) in [6.45, 7) is 0. The minimum atomic E-state index is -0.811. The molecule has 1 aromatic carbocycles.